The van der Waals surface area contributed by atoms with E-state index in [-0.39, 0.29) is 71.3 Å². The average molecular weight is 1430 g/mol. The fourth-order valence-corrected chi connectivity index (χ4v) is 27.3. The highest BCUT2D eigenvalue weighted by Gasteiger charge is 2.58. The summed E-state index contributed by atoms with van der Waals surface area (Å²) in [4.78, 5) is 54.6. The summed E-state index contributed by atoms with van der Waals surface area (Å²) < 4.78 is 48.3. The van der Waals surface area contributed by atoms with Gasteiger partial charge in [-0.1, -0.05) is 252 Å². The molecule has 6 aromatic carbocycles. The van der Waals surface area contributed by atoms with Crippen LogP contribution in [0.5, 0.6) is 0 Å². The van der Waals surface area contributed by atoms with Crippen molar-refractivity contribution in [1.82, 2.24) is 14.7 Å². The van der Waals surface area contributed by atoms with E-state index in [1.165, 1.54) is 6.26 Å². The van der Waals surface area contributed by atoms with Crippen LogP contribution < -0.4 is 31.1 Å². The Bertz CT molecular complexity index is 3180. The number of halogens is 1. The van der Waals surface area contributed by atoms with Gasteiger partial charge in [0.15, 0.2) is 0 Å². The Morgan fingerprint density at radius 2 is 0.520 bits per heavy atom. The number of rotatable bonds is 12. The van der Waals surface area contributed by atoms with E-state index >= 15 is 0 Å². The van der Waals surface area contributed by atoms with E-state index in [0.29, 0.717) is 39.3 Å². The average Bonchev–Trinajstić information content (AvgIpc) is 1.07. The predicted molar refractivity (Wildman–Crippen MR) is 413 cm³/mol. The number of benzene rings is 6. The Hall–Kier alpha value is -7.59. The number of nitrogens with zero attached hydrogens (tertiary/aromatic N) is 6. The summed E-state index contributed by atoms with van der Waals surface area (Å²) in [6, 6.07) is 61.0. The summed E-state index contributed by atoms with van der Waals surface area (Å²) >= 11 is 0.250. The van der Waals surface area contributed by atoms with Gasteiger partial charge in [-0.15, -0.1) is 0 Å². The number of hydrogen-bond acceptors (Lipinski definition) is 10. The summed E-state index contributed by atoms with van der Waals surface area (Å²) in [7, 11) is -8.42. The molecule has 15 nitrogen and oxygen atoms in total. The monoisotopic (exact) mass is 1430 g/mol. The van der Waals surface area contributed by atoms with Crippen LogP contribution in [-0.4, -0.2) is 157 Å². The molecule has 0 saturated carbocycles. The Morgan fingerprint density at radius 1 is 0.360 bits per heavy atom. The molecule has 3 heterocycles. The van der Waals surface area contributed by atoms with Crippen LogP contribution in [0.4, 0.5) is 18.3 Å². The molecule has 0 radical (unpaired) electrons. The van der Waals surface area contributed by atoms with Crippen LogP contribution in [0.2, 0.25) is 15.1 Å². The minimum Gasteiger partial charge on any atom is -0.444 e. The molecule has 3 fully saturated rings. The molecule has 6 atom stereocenters. The maximum atomic E-state index is 12.7. The van der Waals surface area contributed by atoms with Crippen molar-refractivity contribution in [2.24, 2.45) is 0 Å². The van der Waals surface area contributed by atoms with Crippen LogP contribution in [0.3, 0.4) is 0 Å². The number of hydrogen-bond donors (Lipinski definition) is 0. The van der Waals surface area contributed by atoms with Gasteiger partial charge in [0.1, 0.15) is 54.7 Å². The zero-order valence-electron chi connectivity index (χ0n) is 61.7. The molecule has 0 bridgehead atoms. The quantitative estimate of drug-likeness (QED) is 0.0663. The van der Waals surface area contributed by atoms with Crippen LogP contribution in [-0.2, 0) is 27.5 Å². The minimum absolute atomic E-state index is 0. The molecule has 0 spiro atoms. The standard InChI is InChI=1S/3C26H34N2O3Si.CH3FS.CH4/c3*1-25(2,3)30-24(29)28-18-22(27-7)23(19-28)31-32(26(4,5)6,20-14-10-8-11-15-20)21-16-12-9-13-17-21;1-3-2;/h3*8-17,22-23H,18-19H2,1-6H3;1H3;1H4/t2*22-,23+;;;/m10.../s1. The minimum atomic E-state index is -2.81. The fraction of sp³-hybridized carbons (Fsp3) is 0.475. The number of amides is 3. The molecular formula is C80H109FN6O9SSi3. The molecule has 0 aliphatic carbocycles. The Kier molecular flexibility index (Phi) is 29.0. The van der Waals surface area contributed by atoms with E-state index in [9.17, 15) is 18.3 Å². The second-order valence-electron chi connectivity index (χ2n) is 31.4. The molecule has 0 aromatic heterocycles. The summed E-state index contributed by atoms with van der Waals surface area (Å²) in [5, 5.41) is 6.41. The van der Waals surface area contributed by atoms with Gasteiger partial charge < -0.3 is 42.0 Å². The molecule has 2 unspecified atom stereocenters. The topological polar surface area (TPSA) is 129 Å². The highest BCUT2D eigenvalue weighted by atomic mass is 32.2. The molecule has 9 rings (SSSR count). The lowest BCUT2D eigenvalue weighted by molar-refractivity contribution is 0.0264. The highest BCUT2D eigenvalue weighted by molar-refractivity contribution is 7.93. The second kappa shape index (κ2) is 34.9. The summed E-state index contributed by atoms with van der Waals surface area (Å²) in [6.07, 6.45) is -0.942. The molecule has 3 amide bonds. The van der Waals surface area contributed by atoms with Crippen LogP contribution in [0.25, 0.3) is 14.5 Å². The third kappa shape index (κ3) is 20.6. The van der Waals surface area contributed by atoms with Gasteiger partial charge in [0, 0.05) is 18.4 Å². The molecule has 3 saturated heterocycles. The van der Waals surface area contributed by atoms with Crippen molar-refractivity contribution < 1.29 is 45.8 Å². The van der Waals surface area contributed by atoms with Gasteiger partial charge in [-0.05, 0) is 109 Å². The predicted octanol–water partition coefficient (Wildman–Crippen LogP) is 15.3. The first kappa shape index (κ1) is 83.1. The smallest absolute Gasteiger partial charge is 0.410 e. The summed E-state index contributed by atoms with van der Waals surface area (Å²) in [5.41, 5.74) is -1.75. The third-order valence-corrected chi connectivity index (χ3v) is 32.6. The molecule has 0 N–H and O–H groups in total. The van der Waals surface area contributed by atoms with Crippen LogP contribution in [0, 0.1) is 19.7 Å². The lowest BCUT2D eigenvalue weighted by Crippen LogP contribution is -2.68. The summed E-state index contributed by atoms with van der Waals surface area (Å²) in [6.45, 7) is 62.0. The molecular weight excluding hydrogens is 1320 g/mol. The normalized spacial score (nSPS) is 18.9. The molecule has 20 heteroatoms. The Morgan fingerprint density at radius 3 is 0.650 bits per heavy atom. The number of ether oxygens (including phenoxy) is 3. The molecule has 100 heavy (non-hydrogen) atoms. The second-order valence-corrected chi connectivity index (χ2v) is 44.4. The van der Waals surface area contributed by atoms with E-state index in [0.717, 1.165) is 31.1 Å². The molecule has 538 valence electrons. The number of carbonyl (C=O) groups is 3. The first-order valence-electron chi connectivity index (χ1n) is 33.9. The van der Waals surface area contributed by atoms with Crippen molar-refractivity contribution in [3.8, 4) is 0 Å². The van der Waals surface area contributed by atoms with Crippen LogP contribution in [0.1, 0.15) is 132 Å². The van der Waals surface area contributed by atoms with Crippen molar-refractivity contribution in [3.63, 3.8) is 0 Å². The first-order valence-corrected chi connectivity index (χ1v) is 40.7. The van der Waals surface area contributed by atoms with Gasteiger partial charge in [-0.3, -0.25) is 14.7 Å². The van der Waals surface area contributed by atoms with Crippen molar-refractivity contribution in [2.75, 3.05) is 45.5 Å². The van der Waals surface area contributed by atoms with Crippen molar-refractivity contribution in [2.45, 2.75) is 200 Å². The summed E-state index contributed by atoms with van der Waals surface area (Å²) in [5.74, 6) is 0. The largest absolute Gasteiger partial charge is 0.444 e. The van der Waals surface area contributed by atoms with Crippen molar-refractivity contribution in [1.29, 1.82) is 0 Å². The van der Waals surface area contributed by atoms with E-state index in [1.54, 1.807) is 14.7 Å². The molecule has 3 aliphatic heterocycles. The highest BCUT2D eigenvalue weighted by Crippen LogP contribution is 2.42. The molecule has 6 aromatic rings. The van der Waals surface area contributed by atoms with Gasteiger partial charge in [0.05, 0.1) is 19.6 Å². The van der Waals surface area contributed by atoms with E-state index in [4.69, 9.17) is 47.2 Å². The Labute approximate surface area is 605 Å². The zero-order chi connectivity index (χ0) is 73.4. The third-order valence-electron chi connectivity index (χ3n) is 17.4. The number of likely N-dealkylation sites (tertiary alicyclic amines) is 3. The van der Waals surface area contributed by atoms with Crippen LogP contribution >= 0.6 is 12.1 Å². The first-order chi connectivity index (χ1) is 46.3. The Balaban J connectivity index is 0.000000264. The van der Waals surface area contributed by atoms with E-state index in [1.807, 2.05) is 172 Å². The maximum Gasteiger partial charge on any atom is 0.410 e. The van der Waals surface area contributed by atoms with Crippen molar-refractivity contribution >= 4 is 86.5 Å². The zero-order valence-corrected chi connectivity index (χ0v) is 65.5. The lowest BCUT2D eigenvalue weighted by atomic mass is 10.2. The van der Waals surface area contributed by atoms with Gasteiger partial charge in [0.2, 0.25) is 0 Å². The SMILES string of the molecule is C.CSF.[C-]#[N+]C1CN(C(=O)OC(C)(C)C)CC1O[Si](c1ccccc1)(c1ccccc1)C(C)(C)C.[C-]#[N+][C@@H]1CN(C(=O)OC(C)(C)C)C[C@@H]1O[Si](c1ccccc1)(c1ccccc1)C(C)(C)C.[C-]#[N+][C@H]1CN(C(=O)OC(C)(C)C)C[C@H]1O[Si](c1ccccc1)(c1ccccc1)C(C)(C)C. The van der Waals surface area contributed by atoms with E-state index in [2.05, 4.69) is 150 Å². The number of carbonyl (C=O) groups excluding carboxylic acids is 3. The fourth-order valence-electron chi connectivity index (χ4n) is 13.2. The maximum absolute atomic E-state index is 12.7. The van der Waals surface area contributed by atoms with Gasteiger partial charge >= 0.3 is 18.3 Å². The van der Waals surface area contributed by atoms with Gasteiger partial charge in [-0.25, -0.2) is 34.1 Å². The van der Waals surface area contributed by atoms with Gasteiger partial charge in [0.25, 0.3) is 43.1 Å². The van der Waals surface area contributed by atoms with Crippen LogP contribution in [0.15, 0.2) is 182 Å². The lowest BCUT2D eigenvalue weighted by Gasteiger charge is -2.44. The van der Waals surface area contributed by atoms with Gasteiger partial charge in [-0.2, -0.15) is 3.89 Å². The van der Waals surface area contributed by atoms with E-state index < -0.39 is 59.9 Å². The van der Waals surface area contributed by atoms with Crippen molar-refractivity contribution in [3.05, 3.63) is 216 Å². The molecule has 3 aliphatic rings.